The lowest BCUT2D eigenvalue weighted by Crippen LogP contribution is -2.35. The summed E-state index contributed by atoms with van der Waals surface area (Å²) < 4.78 is 63.9. The highest BCUT2D eigenvalue weighted by Crippen LogP contribution is 2.42. The average molecular weight is 480 g/mol. The third kappa shape index (κ3) is 3.50. The number of nitrogens with zero attached hydrogens (tertiary/aromatic N) is 2. The molecule has 0 amide bonds. The number of pyridine rings is 1. The first-order valence-electron chi connectivity index (χ1n) is 11.0. The fourth-order valence-electron chi connectivity index (χ4n) is 5.12. The van der Waals surface area contributed by atoms with Crippen molar-refractivity contribution in [1.82, 2.24) is 14.9 Å². The summed E-state index contributed by atoms with van der Waals surface area (Å²) in [4.78, 5) is 4.16. The van der Waals surface area contributed by atoms with E-state index in [2.05, 4.69) is 10.3 Å². The fourth-order valence-corrected chi connectivity index (χ4v) is 5.12. The predicted octanol–water partition coefficient (Wildman–Crippen LogP) is 3.16. The molecule has 1 aromatic carbocycles. The Morgan fingerprint density at radius 1 is 1.26 bits per heavy atom. The number of hydrogen-bond donors (Lipinski definition) is 4. The Kier molecular flexibility index (Phi) is 5.65. The number of fused-ring (bicyclic) bond motifs is 2. The van der Waals surface area contributed by atoms with Gasteiger partial charge in [0, 0.05) is 48.7 Å². The zero-order valence-corrected chi connectivity index (χ0v) is 18.2. The quantitative estimate of drug-likeness (QED) is 0.428. The normalized spacial score (nSPS) is 26.9. The van der Waals surface area contributed by atoms with E-state index in [-0.39, 0.29) is 46.9 Å². The highest BCUT2D eigenvalue weighted by Gasteiger charge is 2.45. The van der Waals surface area contributed by atoms with Crippen LogP contribution in [0, 0.1) is 11.6 Å². The Morgan fingerprint density at radius 3 is 2.76 bits per heavy atom. The van der Waals surface area contributed by atoms with Gasteiger partial charge >= 0.3 is 0 Å². The predicted molar refractivity (Wildman–Crippen MR) is 116 cm³/mol. The molecule has 2 aromatic heterocycles. The maximum Gasteiger partial charge on any atom is 0.266 e. The molecule has 5 atom stereocenters. The summed E-state index contributed by atoms with van der Waals surface area (Å²) in [6.45, 7) is 2.36. The van der Waals surface area contributed by atoms with Gasteiger partial charge in [0.15, 0.2) is 5.82 Å². The number of anilines is 1. The first-order valence-corrected chi connectivity index (χ1v) is 11.0. The van der Waals surface area contributed by atoms with Crippen LogP contribution in [-0.4, -0.2) is 44.6 Å². The topological polar surface area (TPSA) is 106 Å². The second-order valence-electron chi connectivity index (χ2n) is 8.93. The van der Waals surface area contributed by atoms with Crippen molar-refractivity contribution in [2.75, 3.05) is 12.3 Å². The molecule has 0 saturated heterocycles. The van der Waals surface area contributed by atoms with Gasteiger partial charge in [0.05, 0.1) is 17.0 Å². The van der Waals surface area contributed by atoms with E-state index in [1.54, 1.807) is 6.92 Å². The number of hydrogen-bond acceptors (Lipinski definition) is 6. The molecule has 11 heteroatoms. The summed E-state index contributed by atoms with van der Waals surface area (Å²) in [6, 6.07) is 1.59. The number of aliphatic hydroxyl groups excluding tert-OH is 2. The lowest BCUT2D eigenvalue weighted by molar-refractivity contribution is -0.0168. The maximum absolute atomic E-state index is 14.8. The van der Waals surface area contributed by atoms with Crippen LogP contribution in [0.5, 0.6) is 5.75 Å². The molecule has 0 spiro atoms. The third-order valence-corrected chi connectivity index (χ3v) is 6.81. The van der Waals surface area contributed by atoms with E-state index in [1.165, 1.54) is 16.8 Å². The Balaban J connectivity index is 1.51. The molecule has 0 bridgehead atoms. The van der Waals surface area contributed by atoms with Gasteiger partial charge in [-0.05, 0) is 18.1 Å². The van der Waals surface area contributed by atoms with E-state index in [0.29, 0.717) is 12.1 Å². The van der Waals surface area contributed by atoms with Gasteiger partial charge in [0.2, 0.25) is 0 Å². The van der Waals surface area contributed by atoms with Crippen molar-refractivity contribution in [3.8, 4) is 5.75 Å². The van der Waals surface area contributed by atoms with Crippen LogP contribution in [0.15, 0.2) is 24.5 Å². The second-order valence-corrected chi connectivity index (χ2v) is 8.93. The molecule has 1 aliphatic carbocycles. The lowest BCUT2D eigenvalue weighted by Gasteiger charge is -2.29. The first kappa shape index (κ1) is 22.9. The Hall–Kier alpha value is -2.89. The van der Waals surface area contributed by atoms with E-state index >= 15 is 0 Å². The fraction of sp³-hybridized carbons (Fsp3) is 0.435. The highest BCUT2D eigenvalue weighted by molar-refractivity contribution is 5.89. The summed E-state index contributed by atoms with van der Waals surface area (Å²) in [5.74, 6) is -1.91. The number of rotatable bonds is 4. The minimum Gasteiger partial charge on any atom is -0.487 e. The molecule has 3 aromatic rings. The van der Waals surface area contributed by atoms with Crippen LogP contribution >= 0.6 is 0 Å². The SMILES string of the molecule is C[C@@H]1CNCc2c(O[C@H]3C[C@@H](n4cc(F)c5c(N)ccnc54)[C@H](O)[C@@H]3O)cc(C(F)F)c(F)c21. The molecule has 1 aliphatic heterocycles. The summed E-state index contributed by atoms with van der Waals surface area (Å²) in [5, 5.41) is 24.7. The third-order valence-electron chi connectivity index (χ3n) is 6.81. The smallest absolute Gasteiger partial charge is 0.266 e. The molecule has 1 fully saturated rings. The van der Waals surface area contributed by atoms with Crippen molar-refractivity contribution < 1.29 is 32.5 Å². The summed E-state index contributed by atoms with van der Waals surface area (Å²) in [5.41, 5.74) is 6.03. The van der Waals surface area contributed by atoms with Crippen LogP contribution < -0.4 is 15.8 Å². The average Bonchev–Trinajstić information content (AvgIpc) is 3.27. The van der Waals surface area contributed by atoms with Gasteiger partial charge in [0.25, 0.3) is 6.43 Å². The monoisotopic (exact) mass is 480 g/mol. The van der Waals surface area contributed by atoms with Crippen molar-refractivity contribution in [3.05, 3.63) is 52.9 Å². The van der Waals surface area contributed by atoms with Crippen LogP contribution in [-0.2, 0) is 6.54 Å². The summed E-state index contributed by atoms with van der Waals surface area (Å²) >= 11 is 0. The first-order chi connectivity index (χ1) is 16.2. The number of aromatic nitrogens is 2. The van der Waals surface area contributed by atoms with E-state index in [1.807, 2.05) is 0 Å². The van der Waals surface area contributed by atoms with Gasteiger partial charge in [-0.15, -0.1) is 0 Å². The lowest BCUT2D eigenvalue weighted by atomic mass is 9.89. The molecule has 3 heterocycles. The van der Waals surface area contributed by atoms with E-state index in [4.69, 9.17) is 10.5 Å². The number of halogens is 4. The Bertz CT molecular complexity index is 1250. The van der Waals surface area contributed by atoms with Gasteiger partial charge in [-0.25, -0.2) is 22.5 Å². The Morgan fingerprint density at radius 2 is 2.03 bits per heavy atom. The molecule has 0 radical (unpaired) electrons. The maximum atomic E-state index is 14.8. The van der Waals surface area contributed by atoms with Gasteiger partial charge in [-0.1, -0.05) is 6.92 Å². The number of aliphatic hydroxyl groups is 2. The van der Waals surface area contributed by atoms with E-state index in [0.717, 1.165) is 12.3 Å². The van der Waals surface area contributed by atoms with Gasteiger partial charge in [-0.3, -0.25) is 0 Å². The molecular formula is C23H24F4N4O3. The molecule has 5 rings (SSSR count). The largest absolute Gasteiger partial charge is 0.487 e. The van der Waals surface area contributed by atoms with Crippen molar-refractivity contribution in [2.45, 2.75) is 56.6 Å². The minimum atomic E-state index is -3.05. The molecule has 5 N–H and O–H groups in total. The number of nitrogens with one attached hydrogen (secondary N) is 1. The van der Waals surface area contributed by atoms with Crippen LogP contribution in [0.3, 0.4) is 0 Å². The molecule has 7 nitrogen and oxygen atoms in total. The van der Waals surface area contributed by atoms with Crippen molar-refractivity contribution >= 4 is 16.7 Å². The summed E-state index contributed by atoms with van der Waals surface area (Å²) in [6.07, 6.45) is -4.24. The number of nitrogens with two attached hydrogens (primary N) is 1. The van der Waals surface area contributed by atoms with E-state index < -0.39 is 48.0 Å². The number of nitrogen functional groups attached to an aromatic ring is 1. The van der Waals surface area contributed by atoms with Crippen LogP contribution in [0.2, 0.25) is 0 Å². The molecular weight excluding hydrogens is 456 g/mol. The van der Waals surface area contributed by atoms with Crippen LogP contribution in [0.25, 0.3) is 11.0 Å². The van der Waals surface area contributed by atoms with Gasteiger partial charge < -0.3 is 30.6 Å². The highest BCUT2D eigenvalue weighted by atomic mass is 19.3. The molecule has 1 saturated carbocycles. The minimum absolute atomic E-state index is 0.0218. The van der Waals surface area contributed by atoms with Gasteiger partial charge in [0.1, 0.15) is 35.5 Å². The van der Waals surface area contributed by atoms with Crippen LogP contribution in [0.4, 0.5) is 23.2 Å². The zero-order chi connectivity index (χ0) is 24.3. The van der Waals surface area contributed by atoms with E-state index in [9.17, 15) is 27.8 Å². The Labute approximate surface area is 192 Å². The second kappa shape index (κ2) is 8.40. The number of alkyl halides is 2. The van der Waals surface area contributed by atoms with Crippen LogP contribution in [0.1, 0.15) is 48.4 Å². The van der Waals surface area contributed by atoms with Crippen molar-refractivity contribution in [3.63, 3.8) is 0 Å². The van der Waals surface area contributed by atoms with Crippen molar-refractivity contribution in [1.29, 1.82) is 0 Å². The molecule has 182 valence electrons. The summed E-state index contributed by atoms with van der Waals surface area (Å²) in [7, 11) is 0. The molecule has 34 heavy (non-hydrogen) atoms. The zero-order valence-electron chi connectivity index (χ0n) is 18.2. The van der Waals surface area contributed by atoms with Gasteiger partial charge in [-0.2, -0.15) is 0 Å². The molecule has 0 unspecified atom stereocenters. The number of benzene rings is 1. The molecule has 2 aliphatic rings. The van der Waals surface area contributed by atoms with Crippen molar-refractivity contribution in [2.24, 2.45) is 0 Å². The number of ether oxygens (including phenoxy) is 1. The standard InChI is InChI=1S/C23H24F4N4O3/c1-9-6-29-7-11-15(4-10(22(26)27)19(25)17(9)11)34-16-5-14(20(32)21(16)33)31-8-12(24)18-13(28)2-3-30-23(18)31/h2-4,8-9,14,16,20-22,29,32-33H,5-7H2,1H3,(H2,28,30)/t9-,14-,16+,20+,21-/m1/s1.